The number of rotatable bonds is 10. The summed E-state index contributed by atoms with van der Waals surface area (Å²) >= 11 is 2.25. The van der Waals surface area contributed by atoms with Gasteiger partial charge in [-0.1, -0.05) is 41.7 Å². The van der Waals surface area contributed by atoms with Gasteiger partial charge in [-0.2, -0.15) is 4.99 Å². The summed E-state index contributed by atoms with van der Waals surface area (Å²) in [5.74, 6) is -3.66. The largest absolute Gasteiger partial charge is 0.494 e. The highest BCUT2D eigenvalue weighted by molar-refractivity contribution is 7.92. The highest BCUT2D eigenvalue weighted by atomic mass is 32.2. The van der Waals surface area contributed by atoms with Crippen LogP contribution in [0.25, 0.3) is 21.5 Å². The van der Waals surface area contributed by atoms with Crippen molar-refractivity contribution in [1.29, 1.82) is 0 Å². The lowest BCUT2D eigenvalue weighted by atomic mass is 10.2. The summed E-state index contributed by atoms with van der Waals surface area (Å²) in [5.41, 5.74) is 2.10. The van der Waals surface area contributed by atoms with Crippen LogP contribution in [0.1, 0.15) is 6.92 Å². The highest BCUT2D eigenvalue weighted by Gasteiger charge is 2.22. The fourth-order valence-corrected chi connectivity index (χ4v) is 6.37. The van der Waals surface area contributed by atoms with Gasteiger partial charge in [-0.25, -0.2) is 13.4 Å². The molecule has 2 aromatic carbocycles. The summed E-state index contributed by atoms with van der Waals surface area (Å²) in [4.78, 5) is 45.4. The van der Waals surface area contributed by atoms with Gasteiger partial charge in [-0.3, -0.25) is 14.4 Å². The van der Waals surface area contributed by atoms with Crippen LogP contribution in [0.15, 0.2) is 58.9 Å². The first-order chi connectivity index (χ1) is 18.7. The van der Waals surface area contributed by atoms with Crippen LogP contribution in [0, 0.1) is 0 Å². The van der Waals surface area contributed by atoms with E-state index >= 15 is 0 Å². The second-order valence-corrected chi connectivity index (χ2v) is 12.0. The van der Waals surface area contributed by atoms with Crippen molar-refractivity contribution in [3.8, 4) is 17.0 Å². The molecule has 0 atom stereocenters. The molecule has 2 amide bonds. The molecule has 0 radical (unpaired) electrons. The van der Waals surface area contributed by atoms with Crippen molar-refractivity contribution in [3.05, 3.63) is 58.7 Å². The summed E-state index contributed by atoms with van der Waals surface area (Å²) in [7, 11) is -2.91. The molecule has 204 valence electrons. The van der Waals surface area contributed by atoms with E-state index in [1.54, 1.807) is 23.6 Å². The van der Waals surface area contributed by atoms with Gasteiger partial charge in [0.2, 0.25) is 5.91 Å². The van der Waals surface area contributed by atoms with Crippen molar-refractivity contribution in [1.82, 2.24) is 9.55 Å². The Labute approximate surface area is 231 Å². The fraction of sp³-hybridized carbons (Fsp3) is 0.240. The fourth-order valence-electron chi connectivity index (χ4n) is 3.55. The maximum atomic E-state index is 12.6. The Morgan fingerprint density at radius 1 is 1.10 bits per heavy atom. The first-order valence-corrected chi connectivity index (χ1v) is 15.1. The summed E-state index contributed by atoms with van der Waals surface area (Å²) in [5, 5.41) is 4.45. The molecule has 0 aliphatic carbocycles. The Hall–Kier alpha value is -3.88. The van der Waals surface area contributed by atoms with Gasteiger partial charge in [0, 0.05) is 10.9 Å². The van der Waals surface area contributed by atoms with E-state index in [2.05, 4.69) is 15.3 Å². The van der Waals surface area contributed by atoms with Crippen molar-refractivity contribution >= 4 is 65.6 Å². The molecule has 4 rings (SSSR count). The van der Waals surface area contributed by atoms with E-state index in [-0.39, 0.29) is 16.5 Å². The third-order valence-electron chi connectivity index (χ3n) is 5.21. The molecule has 1 N–H and O–H groups in total. The minimum atomic E-state index is -4.15. The summed E-state index contributed by atoms with van der Waals surface area (Å²) < 4.78 is 37.6. The third kappa shape index (κ3) is 7.37. The zero-order valence-corrected chi connectivity index (χ0v) is 23.4. The second kappa shape index (κ2) is 12.3. The maximum absolute atomic E-state index is 12.6. The van der Waals surface area contributed by atoms with Crippen molar-refractivity contribution < 1.29 is 32.3 Å². The number of benzene rings is 2. The number of fused-ring (bicyclic) bond motifs is 1. The van der Waals surface area contributed by atoms with Gasteiger partial charge in [0.1, 0.15) is 23.8 Å². The average Bonchev–Trinajstić information content (AvgIpc) is 3.48. The molecule has 0 unspecified atom stereocenters. The number of sulfone groups is 1. The molecule has 0 aliphatic heterocycles. The Bertz CT molecular complexity index is 1690. The van der Waals surface area contributed by atoms with Gasteiger partial charge in [0.15, 0.2) is 19.8 Å². The molecule has 39 heavy (non-hydrogen) atoms. The maximum Gasteiger partial charge on any atom is 0.325 e. The molecule has 14 heteroatoms. The van der Waals surface area contributed by atoms with Crippen LogP contribution in [0.4, 0.5) is 5.13 Å². The van der Waals surface area contributed by atoms with Crippen molar-refractivity contribution in [2.45, 2.75) is 13.5 Å². The SMILES string of the molecule is CCOc1ccc2c(c1)sc(=NC(=O)CS(=O)(=O)CC(=O)Nc1nc(-c3ccccc3)cs1)n2CC(=O)OC. The Morgan fingerprint density at radius 2 is 1.87 bits per heavy atom. The third-order valence-corrected chi connectivity index (χ3v) is 8.40. The molecule has 0 fully saturated rings. The molecule has 0 spiro atoms. The first kappa shape index (κ1) is 28.1. The Morgan fingerprint density at radius 3 is 2.59 bits per heavy atom. The standard InChI is InChI=1S/C25H24N4O7S3/c1-3-36-17-9-10-19-20(11-17)38-25(29(19)12-23(32)35-2)28-22(31)15-39(33,34)14-21(30)27-24-26-18(13-37-24)16-7-5-4-6-8-16/h4-11,13H,3,12,14-15H2,1-2H3,(H,26,27,30). The number of thiazole rings is 2. The smallest absolute Gasteiger partial charge is 0.325 e. The van der Waals surface area contributed by atoms with Gasteiger partial charge < -0.3 is 19.4 Å². The Balaban J connectivity index is 1.48. The van der Waals surface area contributed by atoms with Crippen molar-refractivity contribution in [2.24, 2.45) is 4.99 Å². The molecule has 4 aromatic rings. The molecule has 0 aliphatic rings. The van der Waals surface area contributed by atoms with E-state index in [9.17, 15) is 22.8 Å². The lowest BCUT2D eigenvalue weighted by molar-refractivity contribution is -0.141. The predicted molar refractivity (Wildman–Crippen MR) is 148 cm³/mol. The van der Waals surface area contributed by atoms with Crippen molar-refractivity contribution in [2.75, 3.05) is 30.5 Å². The highest BCUT2D eigenvalue weighted by Crippen LogP contribution is 2.25. The van der Waals surface area contributed by atoms with E-state index in [1.165, 1.54) is 11.7 Å². The molecule has 0 bridgehead atoms. The summed E-state index contributed by atoms with van der Waals surface area (Å²) in [6.07, 6.45) is 0. The van der Waals surface area contributed by atoms with Crippen LogP contribution in [0.2, 0.25) is 0 Å². The van der Waals surface area contributed by atoms with Gasteiger partial charge in [0.25, 0.3) is 5.91 Å². The normalized spacial score (nSPS) is 11.9. The lowest BCUT2D eigenvalue weighted by Gasteiger charge is -2.05. The topological polar surface area (TPSA) is 146 Å². The van der Waals surface area contributed by atoms with Crippen LogP contribution in [0.3, 0.4) is 0 Å². The molecule has 0 saturated carbocycles. The van der Waals surface area contributed by atoms with Crippen molar-refractivity contribution in [3.63, 3.8) is 0 Å². The number of hydrogen-bond donors (Lipinski definition) is 1. The number of aromatic nitrogens is 2. The van der Waals surface area contributed by atoms with Gasteiger partial charge in [-0.05, 0) is 25.1 Å². The number of nitrogens with one attached hydrogen (secondary N) is 1. The average molecular weight is 589 g/mol. The van der Waals surface area contributed by atoms with Crippen LogP contribution >= 0.6 is 22.7 Å². The van der Waals surface area contributed by atoms with E-state index in [0.29, 0.717) is 28.3 Å². The molecular weight excluding hydrogens is 564 g/mol. The number of amides is 2. The van der Waals surface area contributed by atoms with Crippen LogP contribution < -0.4 is 14.9 Å². The minimum absolute atomic E-state index is 0.116. The van der Waals surface area contributed by atoms with E-state index in [0.717, 1.165) is 28.2 Å². The number of hydrogen-bond acceptors (Lipinski definition) is 10. The molecular formula is C25H24N4O7S3. The van der Waals surface area contributed by atoms with E-state index in [1.807, 2.05) is 37.3 Å². The zero-order chi connectivity index (χ0) is 28.0. The Kier molecular flexibility index (Phi) is 8.89. The first-order valence-electron chi connectivity index (χ1n) is 11.6. The second-order valence-electron chi connectivity index (χ2n) is 8.10. The lowest BCUT2D eigenvalue weighted by Crippen LogP contribution is -2.28. The van der Waals surface area contributed by atoms with Gasteiger partial charge in [0.05, 0.1) is 29.6 Å². The molecule has 2 heterocycles. The number of nitrogens with zero attached hydrogens (tertiary/aromatic N) is 3. The number of methoxy groups -OCH3 is 1. The predicted octanol–water partition coefficient (Wildman–Crippen LogP) is 2.88. The molecule has 2 aromatic heterocycles. The number of carbonyl (C=O) groups is 3. The van der Waals surface area contributed by atoms with Gasteiger partial charge in [-0.15, -0.1) is 11.3 Å². The van der Waals surface area contributed by atoms with Gasteiger partial charge >= 0.3 is 5.97 Å². The van der Waals surface area contributed by atoms with Crippen LogP contribution in [-0.2, 0) is 35.5 Å². The molecule has 11 nitrogen and oxygen atoms in total. The number of ether oxygens (including phenoxy) is 2. The number of anilines is 1. The quantitative estimate of drug-likeness (QED) is 0.278. The number of carbonyl (C=O) groups excluding carboxylic acids is 3. The van der Waals surface area contributed by atoms with E-state index < -0.39 is 39.1 Å². The summed E-state index contributed by atoms with van der Waals surface area (Å²) in [6, 6.07) is 14.5. The summed E-state index contributed by atoms with van der Waals surface area (Å²) in [6.45, 7) is 2.07. The minimum Gasteiger partial charge on any atom is -0.494 e. The monoisotopic (exact) mass is 588 g/mol. The van der Waals surface area contributed by atoms with Crippen LogP contribution in [-0.4, -0.2) is 61.0 Å². The van der Waals surface area contributed by atoms with Crippen LogP contribution in [0.5, 0.6) is 5.75 Å². The zero-order valence-electron chi connectivity index (χ0n) is 20.9. The van der Waals surface area contributed by atoms with E-state index in [4.69, 9.17) is 9.47 Å². The molecule has 0 saturated heterocycles. The number of esters is 1.